The lowest BCUT2D eigenvalue weighted by atomic mass is 10.2. The van der Waals surface area contributed by atoms with Crippen LogP contribution in [0.25, 0.3) is 0 Å². The number of nitrogens with zero attached hydrogens (tertiary/aromatic N) is 1. The lowest BCUT2D eigenvalue weighted by Crippen LogP contribution is -2.24. The summed E-state index contributed by atoms with van der Waals surface area (Å²) in [6.07, 6.45) is 1.48. The van der Waals surface area contributed by atoms with Crippen LogP contribution in [0.2, 0.25) is 0 Å². The second-order valence-electron chi connectivity index (χ2n) is 6.20. The molecular formula is C23H19BrN2O5. The number of nitrogens with one attached hydrogen (secondary N) is 1. The number of carbonyl (C=O) groups excluding carboxylic acids is 2. The Bertz CT molecular complexity index is 1070. The van der Waals surface area contributed by atoms with Crippen LogP contribution in [0, 0.1) is 0 Å². The van der Waals surface area contributed by atoms with Gasteiger partial charge in [-0.2, -0.15) is 5.10 Å². The van der Waals surface area contributed by atoms with Gasteiger partial charge in [-0.3, -0.25) is 4.79 Å². The van der Waals surface area contributed by atoms with E-state index in [1.165, 1.54) is 6.21 Å². The van der Waals surface area contributed by atoms with Crippen molar-refractivity contribution in [2.24, 2.45) is 5.10 Å². The van der Waals surface area contributed by atoms with E-state index < -0.39 is 11.9 Å². The van der Waals surface area contributed by atoms with Gasteiger partial charge in [0, 0.05) is 4.47 Å². The molecule has 0 aromatic heterocycles. The van der Waals surface area contributed by atoms with E-state index in [2.05, 4.69) is 26.5 Å². The van der Waals surface area contributed by atoms with Crippen LogP contribution in [-0.2, 0) is 4.79 Å². The number of ether oxygens (including phenoxy) is 3. The zero-order valence-corrected chi connectivity index (χ0v) is 18.2. The summed E-state index contributed by atoms with van der Waals surface area (Å²) in [5, 5.41) is 3.89. The Labute approximate surface area is 187 Å². The third kappa shape index (κ3) is 6.68. The average Bonchev–Trinajstić information content (AvgIpc) is 2.79. The molecule has 0 spiro atoms. The number of carbonyl (C=O) groups is 2. The molecule has 3 aromatic carbocycles. The van der Waals surface area contributed by atoms with Crippen LogP contribution < -0.4 is 19.6 Å². The molecule has 7 nitrogen and oxygen atoms in total. The molecule has 158 valence electrons. The highest BCUT2D eigenvalue weighted by Gasteiger charge is 2.11. The third-order valence-corrected chi connectivity index (χ3v) is 4.71. The molecule has 8 heteroatoms. The molecule has 1 amide bonds. The quantitative estimate of drug-likeness (QED) is 0.225. The van der Waals surface area contributed by atoms with Crippen molar-refractivity contribution >= 4 is 34.0 Å². The smallest absolute Gasteiger partial charge is 0.344 e. The second kappa shape index (κ2) is 10.9. The first-order valence-corrected chi connectivity index (χ1v) is 10.00. The number of hydrazone groups is 1. The van der Waals surface area contributed by atoms with E-state index in [4.69, 9.17) is 14.2 Å². The summed E-state index contributed by atoms with van der Waals surface area (Å²) in [6, 6.07) is 20.6. The fraction of sp³-hybridized carbons (Fsp3) is 0.0870. The summed E-state index contributed by atoms with van der Waals surface area (Å²) in [6.45, 7) is -0.173. The lowest BCUT2D eigenvalue weighted by Gasteiger charge is -2.06. The predicted molar refractivity (Wildman–Crippen MR) is 120 cm³/mol. The Kier molecular flexibility index (Phi) is 7.78. The van der Waals surface area contributed by atoms with Gasteiger partial charge in [-0.1, -0.05) is 12.1 Å². The molecule has 0 saturated heterocycles. The first kappa shape index (κ1) is 22.0. The van der Waals surface area contributed by atoms with Crippen molar-refractivity contribution in [1.29, 1.82) is 0 Å². The molecule has 0 aliphatic heterocycles. The van der Waals surface area contributed by atoms with Crippen molar-refractivity contribution in [2.45, 2.75) is 0 Å². The molecule has 0 atom stereocenters. The van der Waals surface area contributed by atoms with Gasteiger partial charge in [0.05, 0.1) is 18.9 Å². The standard InChI is InChI=1S/C23H19BrN2O5/c1-29-17-10-12-18(13-11-17)30-15-22(27)26-25-14-16-6-8-19(9-7-16)31-23(28)20-4-2-3-5-21(20)24/h2-14H,15H2,1H3,(H,26,27). The maximum absolute atomic E-state index is 12.2. The molecule has 0 unspecified atom stereocenters. The number of amides is 1. The van der Waals surface area contributed by atoms with Crippen LogP contribution in [-0.4, -0.2) is 31.8 Å². The summed E-state index contributed by atoms with van der Waals surface area (Å²) in [4.78, 5) is 24.1. The zero-order valence-electron chi connectivity index (χ0n) is 16.6. The summed E-state index contributed by atoms with van der Waals surface area (Å²) in [7, 11) is 1.57. The minimum Gasteiger partial charge on any atom is -0.497 e. The number of halogens is 1. The summed E-state index contributed by atoms with van der Waals surface area (Å²) < 4.78 is 16.5. The van der Waals surface area contributed by atoms with E-state index in [1.807, 2.05) is 6.07 Å². The highest BCUT2D eigenvalue weighted by Crippen LogP contribution is 2.19. The fourth-order valence-corrected chi connectivity index (χ4v) is 2.89. The van der Waals surface area contributed by atoms with E-state index in [1.54, 1.807) is 73.8 Å². The number of hydrogen-bond acceptors (Lipinski definition) is 6. The van der Waals surface area contributed by atoms with Gasteiger partial charge in [0.1, 0.15) is 17.2 Å². The van der Waals surface area contributed by atoms with Crippen molar-refractivity contribution in [3.05, 3.63) is 88.4 Å². The molecule has 31 heavy (non-hydrogen) atoms. The van der Waals surface area contributed by atoms with Gasteiger partial charge in [0.2, 0.25) is 0 Å². The Morgan fingerprint density at radius 1 is 0.935 bits per heavy atom. The molecule has 0 saturated carbocycles. The van der Waals surface area contributed by atoms with Gasteiger partial charge >= 0.3 is 5.97 Å². The molecular weight excluding hydrogens is 464 g/mol. The Balaban J connectivity index is 1.46. The van der Waals surface area contributed by atoms with Crippen LogP contribution in [0.1, 0.15) is 15.9 Å². The van der Waals surface area contributed by atoms with E-state index >= 15 is 0 Å². The van der Waals surface area contributed by atoms with Crippen LogP contribution in [0.15, 0.2) is 82.4 Å². The van der Waals surface area contributed by atoms with Gasteiger partial charge in [-0.15, -0.1) is 0 Å². The fourth-order valence-electron chi connectivity index (χ4n) is 2.44. The molecule has 0 bridgehead atoms. The maximum atomic E-state index is 12.2. The zero-order chi connectivity index (χ0) is 22.1. The SMILES string of the molecule is COc1ccc(OCC(=O)NN=Cc2ccc(OC(=O)c3ccccc3Br)cc2)cc1. The highest BCUT2D eigenvalue weighted by atomic mass is 79.9. The number of hydrogen-bond donors (Lipinski definition) is 1. The van der Waals surface area contributed by atoms with Crippen molar-refractivity contribution in [2.75, 3.05) is 13.7 Å². The van der Waals surface area contributed by atoms with Crippen molar-refractivity contribution in [1.82, 2.24) is 5.43 Å². The van der Waals surface area contributed by atoms with Crippen molar-refractivity contribution in [3.63, 3.8) is 0 Å². The highest BCUT2D eigenvalue weighted by molar-refractivity contribution is 9.10. The van der Waals surface area contributed by atoms with Crippen LogP contribution in [0.3, 0.4) is 0 Å². The molecule has 0 aliphatic rings. The Hall–Kier alpha value is -3.65. The topological polar surface area (TPSA) is 86.2 Å². The van der Waals surface area contributed by atoms with Gasteiger partial charge in [0.25, 0.3) is 5.91 Å². The van der Waals surface area contributed by atoms with Gasteiger partial charge in [-0.05, 0) is 82.2 Å². The number of methoxy groups -OCH3 is 1. The number of benzene rings is 3. The van der Waals surface area contributed by atoms with Crippen LogP contribution in [0.5, 0.6) is 17.2 Å². The molecule has 0 fully saturated rings. The molecule has 0 aliphatic carbocycles. The van der Waals surface area contributed by atoms with Crippen LogP contribution >= 0.6 is 15.9 Å². The molecule has 3 rings (SSSR count). The maximum Gasteiger partial charge on any atom is 0.344 e. The first-order valence-electron chi connectivity index (χ1n) is 9.20. The molecule has 1 N–H and O–H groups in total. The first-order chi connectivity index (χ1) is 15.0. The minimum absolute atomic E-state index is 0.173. The van der Waals surface area contributed by atoms with E-state index in [0.29, 0.717) is 27.3 Å². The van der Waals surface area contributed by atoms with E-state index in [-0.39, 0.29) is 6.61 Å². The summed E-state index contributed by atoms with van der Waals surface area (Å²) >= 11 is 3.33. The van der Waals surface area contributed by atoms with Gasteiger partial charge in [0.15, 0.2) is 6.61 Å². The number of rotatable bonds is 8. The normalized spacial score (nSPS) is 10.5. The summed E-state index contributed by atoms with van der Waals surface area (Å²) in [5.74, 6) is 0.793. The molecule has 3 aromatic rings. The van der Waals surface area contributed by atoms with Crippen molar-refractivity contribution in [3.8, 4) is 17.2 Å². The van der Waals surface area contributed by atoms with Gasteiger partial charge in [-0.25, -0.2) is 10.2 Å². The number of esters is 1. The Morgan fingerprint density at radius 3 is 2.26 bits per heavy atom. The predicted octanol–water partition coefficient (Wildman–Crippen LogP) is 4.21. The molecule has 0 radical (unpaired) electrons. The average molecular weight is 483 g/mol. The minimum atomic E-state index is -0.460. The summed E-state index contributed by atoms with van der Waals surface area (Å²) in [5.41, 5.74) is 3.55. The Morgan fingerprint density at radius 2 is 1.58 bits per heavy atom. The van der Waals surface area contributed by atoms with E-state index in [0.717, 1.165) is 5.56 Å². The third-order valence-electron chi connectivity index (χ3n) is 4.02. The van der Waals surface area contributed by atoms with Crippen LogP contribution in [0.4, 0.5) is 0 Å². The largest absolute Gasteiger partial charge is 0.497 e. The van der Waals surface area contributed by atoms with Gasteiger partial charge < -0.3 is 14.2 Å². The second-order valence-corrected chi connectivity index (χ2v) is 7.05. The monoisotopic (exact) mass is 482 g/mol. The lowest BCUT2D eigenvalue weighted by molar-refractivity contribution is -0.123. The van der Waals surface area contributed by atoms with E-state index in [9.17, 15) is 9.59 Å². The molecule has 0 heterocycles. The van der Waals surface area contributed by atoms with Crippen molar-refractivity contribution < 1.29 is 23.8 Å².